The fraction of sp³-hybridized carbons (Fsp3) is 0.200. The van der Waals surface area contributed by atoms with Gasteiger partial charge in [-0.25, -0.2) is 4.79 Å². The fourth-order valence-electron chi connectivity index (χ4n) is 2.05. The van der Waals surface area contributed by atoms with Crippen molar-refractivity contribution in [2.75, 3.05) is 0 Å². The Hall–Kier alpha value is -2.54. The minimum atomic E-state index is -1.45. The molecular formula is C15H13N3O3S. The summed E-state index contributed by atoms with van der Waals surface area (Å²) < 4.78 is 0.916. The zero-order chi connectivity index (χ0) is 15.9. The molecule has 1 N–H and O–H groups in total. The summed E-state index contributed by atoms with van der Waals surface area (Å²) in [5, 5.41) is 17.4. The predicted octanol–water partition coefficient (Wildman–Crippen LogP) is 2.34. The van der Waals surface area contributed by atoms with Gasteiger partial charge in [0.05, 0.1) is 5.39 Å². The number of thiophene rings is 1. The van der Waals surface area contributed by atoms with Gasteiger partial charge >= 0.3 is 5.97 Å². The van der Waals surface area contributed by atoms with Gasteiger partial charge in [0.2, 0.25) is 0 Å². The zero-order valence-corrected chi connectivity index (χ0v) is 12.8. The van der Waals surface area contributed by atoms with Crippen molar-refractivity contribution in [3.63, 3.8) is 0 Å². The number of hydrogen-bond donors (Lipinski definition) is 1. The van der Waals surface area contributed by atoms with E-state index in [1.54, 1.807) is 6.07 Å². The molecule has 0 amide bonds. The van der Waals surface area contributed by atoms with Crippen molar-refractivity contribution in [1.29, 1.82) is 0 Å². The standard InChI is InChI=1S/C15H13N3O3S/c1-15(2,14(20)21)18-13(19)10-8-11(22-12(10)16-17-18)9-6-4-3-5-7-9/h3-8H,1-2H3,(H,20,21). The second-order valence-corrected chi connectivity index (χ2v) is 6.40. The lowest BCUT2D eigenvalue weighted by Crippen LogP contribution is -2.44. The highest BCUT2D eigenvalue weighted by Gasteiger charge is 2.32. The Morgan fingerprint density at radius 3 is 2.59 bits per heavy atom. The number of aromatic nitrogens is 3. The van der Waals surface area contributed by atoms with E-state index in [-0.39, 0.29) is 0 Å². The Balaban J connectivity index is 2.21. The van der Waals surface area contributed by atoms with Gasteiger partial charge in [0.25, 0.3) is 5.56 Å². The Morgan fingerprint density at radius 2 is 1.95 bits per heavy atom. The minimum Gasteiger partial charge on any atom is -0.479 e. The lowest BCUT2D eigenvalue weighted by Gasteiger charge is -2.19. The molecule has 3 aromatic rings. The van der Waals surface area contributed by atoms with Crippen molar-refractivity contribution in [3.8, 4) is 10.4 Å². The highest BCUT2D eigenvalue weighted by Crippen LogP contribution is 2.30. The van der Waals surface area contributed by atoms with Crippen LogP contribution in [0.2, 0.25) is 0 Å². The number of carboxylic acid groups (broad SMARTS) is 1. The largest absolute Gasteiger partial charge is 0.479 e. The molecule has 1 aromatic carbocycles. The molecule has 0 saturated heterocycles. The van der Waals surface area contributed by atoms with Crippen molar-refractivity contribution < 1.29 is 9.90 Å². The summed E-state index contributed by atoms with van der Waals surface area (Å²) in [7, 11) is 0. The van der Waals surface area contributed by atoms with Gasteiger partial charge in [0, 0.05) is 4.88 Å². The van der Waals surface area contributed by atoms with Crippen LogP contribution in [-0.2, 0) is 10.3 Å². The first-order valence-electron chi connectivity index (χ1n) is 6.60. The van der Waals surface area contributed by atoms with Gasteiger partial charge in [-0.1, -0.05) is 35.5 Å². The van der Waals surface area contributed by atoms with Crippen molar-refractivity contribution in [1.82, 2.24) is 15.0 Å². The number of aliphatic carboxylic acids is 1. The van der Waals surface area contributed by atoms with Crippen molar-refractivity contribution in [3.05, 3.63) is 46.8 Å². The van der Waals surface area contributed by atoms with Crippen LogP contribution in [0.4, 0.5) is 0 Å². The van der Waals surface area contributed by atoms with Crippen LogP contribution < -0.4 is 5.56 Å². The molecule has 3 rings (SSSR count). The normalized spacial score (nSPS) is 11.7. The van der Waals surface area contributed by atoms with E-state index in [4.69, 9.17) is 0 Å². The molecule has 7 heteroatoms. The molecule has 0 radical (unpaired) electrons. The van der Waals surface area contributed by atoms with E-state index in [1.165, 1.54) is 25.2 Å². The fourth-order valence-corrected chi connectivity index (χ4v) is 3.02. The molecule has 0 aliphatic heterocycles. The molecule has 0 fully saturated rings. The first kappa shape index (κ1) is 14.4. The van der Waals surface area contributed by atoms with Crippen LogP contribution >= 0.6 is 11.3 Å². The number of carboxylic acids is 1. The summed E-state index contributed by atoms with van der Waals surface area (Å²) in [6.45, 7) is 2.84. The van der Waals surface area contributed by atoms with Crippen molar-refractivity contribution in [2.24, 2.45) is 0 Å². The monoisotopic (exact) mass is 315 g/mol. The Kier molecular flexibility index (Phi) is 3.29. The Labute approximate surface area is 129 Å². The van der Waals surface area contributed by atoms with E-state index in [0.29, 0.717) is 10.2 Å². The van der Waals surface area contributed by atoms with Crippen LogP contribution in [0, 0.1) is 0 Å². The van der Waals surface area contributed by atoms with Gasteiger partial charge in [0.15, 0.2) is 10.4 Å². The molecule has 0 saturated carbocycles. The Bertz CT molecular complexity index is 913. The average molecular weight is 315 g/mol. The molecule has 0 aliphatic rings. The number of rotatable bonds is 3. The summed E-state index contributed by atoms with van der Waals surface area (Å²) in [5.41, 5.74) is -0.919. The quantitative estimate of drug-likeness (QED) is 0.802. The summed E-state index contributed by atoms with van der Waals surface area (Å²) in [5.74, 6) is -1.14. The lowest BCUT2D eigenvalue weighted by atomic mass is 10.1. The van der Waals surface area contributed by atoms with Crippen molar-refractivity contribution in [2.45, 2.75) is 19.4 Å². The second-order valence-electron chi connectivity index (χ2n) is 5.37. The van der Waals surface area contributed by atoms with E-state index in [0.717, 1.165) is 15.1 Å². The summed E-state index contributed by atoms with van der Waals surface area (Å²) in [4.78, 5) is 25.2. The average Bonchev–Trinajstić information content (AvgIpc) is 2.93. The van der Waals surface area contributed by atoms with Crippen molar-refractivity contribution >= 4 is 27.5 Å². The smallest absolute Gasteiger partial charge is 0.331 e. The van der Waals surface area contributed by atoms with E-state index >= 15 is 0 Å². The highest BCUT2D eigenvalue weighted by molar-refractivity contribution is 7.21. The molecule has 2 aromatic heterocycles. The van der Waals surface area contributed by atoms with Gasteiger partial charge in [-0.3, -0.25) is 4.79 Å². The molecular weight excluding hydrogens is 302 g/mol. The van der Waals surface area contributed by atoms with Gasteiger partial charge < -0.3 is 5.11 Å². The maximum Gasteiger partial charge on any atom is 0.331 e. The summed E-state index contributed by atoms with van der Waals surface area (Å²) in [6, 6.07) is 11.4. The molecule has 0 bridgehead atoms. The number of nitrogens with zero attached hydrogens (tertiary/aromatic N) is 3. The van der Waals surface area contributed by atoms with E-state index in [2.05, 4.69) is 10.3 Å². The minimum absolute atomic E-state index is 0.383. The third kappa shape index (κ3) is 2.19. The molecule has 0 spiro atoms. The Morgan fingerprint density at radius 1 is 1.27 bits per heavy atom. The molecule has 22 heavy (non-hydrogen) atoms. The maximum atomic E-state index is 12.5. The van der Waals surface area contributed by atoms with Crippen LogP contribution in [0.5, 0.6) is 0 Å². The van der Waals surface area contributed by atoms with Crippen LogP contribution in [0.3, 0.4) is 0 Å². The predicted molar refractivity (Wildman–Crippen MR) is 84.1 cm³/mol. The maximum absolute atomic E-state index is 12.5. The molecule has 0 aliphatic carbocycles. The lowest BCUT2D eigenvalue weighted by molar-refractivity contribution is -0.146. The summed E-state index contributed by atoms with van der Waals surface area (Å²) >= 11 is 1.36. The molecule has 2 heterocycles. The van der Waals surface area contributed by atoms with Crippen LogP contribution in [0.15, 0.2) is 41.2 Å². The first-order chi connectivity index (χ1) is 10.4. The van der Waals surface area contributed by atoms with Gasteiger partial charge in [-0.15, -0.1) is 16.4 Å². The second kappa shape index (κ2) is 5.03. The number of carbonyl (C=O) groups is 1. The number of fused-ring (bicyclic) bond motifs is 1. The zero-order valence-electron chi connectivity index (χ0n) is 12.0. The van der Waals surface area contributed by atoms with Gasteiger partial charge in [-0.05, 0) is 25.5 Å². The molecule has 6 nitrogen and oxygen atoms in total. The molecule has 0 unspecified atom stereocenters. The third-order valence-electron chi connectivity index (χ3n) is 3.47. The first-order valence-corrected chi connectivity index (χ1v) is 7.42. The highest BCUT2D eigenvalue weighted by atomic mass is 32.1. The summed E-state index contributed by atoms with van der Waals surface area (Å²) in [6.07, 6.45) is 0. The van der Waals surface area contributed by atoms with Crippen LogP contribution in [0.1, 0.15) is 13.8 Å². The number of benzene rings is 1. The SMILES string of the molecule is CC(C)(C(=O)O)n1nnc2sc(-c3ccccc3)cc2c1=O. The number of hydrogen-bond acceptors (Lipinski definition) is 5. The van der Waals surface area contributed by atoms with Gasteiger partial charge in [0.1, 0.15) is 0 Å². The molecule has 0 atom stereocenters. The molecule has 112 valence electrons. The van der Waals surface area contributed by atoms with E-state index < -0.39 is 17.1 Å². The van der Waals surface area contributed by atoms with E-state index in [1.807, 2.05) is 30.3 Å². The van der Waals surface area contributed by atoms with Crippen LogP contribution in [0.25, 0.3) is 20.7 Å². The third-order valence-corrected chi connectivity index (χ3v) is 4.54. The van der Waals surface area contributed by atoms with Gasteiger partial charge in [-0.2, -0.15) is 4.68 Å². The van der Waals surface area contributed by atoms with Crippen LogP contribution in [-0.4, -0.2) is 26.1 Å². The van der Waals surface area contributed by atoms with E-state index in [9.17, 15) is 14.7 Å². The topological polar surface area (TPSA) is 85.1 Å².